The fourth-order valence-electron chi connectivity index (χ4n) is 3.24. The summed E-state index contributed by atoms with van der Waals surface area (Å²) in [5, 5.41) is 0.00200. The molecule has 8 nitrogen and oxygen atoms in total. The van der Waals surface area contributed by atoms with E-state index in [1.165, 1.54) is 33.5 Å². The van der Waals surface area contributed by atoms with Gasteiger partial charge in [-0.1, -0.05) is 30.1 Å². The molecule has 1 heterocycles. The number of nitrogens with zero attached hydrogens (tertiary/aromatic N) is 3. The van der Waals surface area contributed by atoms with E-state index in [2.05, 4.69) is 9.97 Å². The van der Waals surface area contributed by atoms with Gasteiger partial charge in [-0.25, -0.2) is 19.2 Å². The van der Waals surface area contributed by atoms with Crippen molar-refractivity contribution in [2.75, 3.05) is 39.9 Å². The first kappa shape index (κ1) is 26.3. The maximum absolute atomic E-state index is 15.2. The van der Waals surface area contributed by atoms with Gasteiger partial charge < -0.3 is 23.8 Å². The number of anilines is 2. The number of esters is 1. The van der Waals surface area contributed by atoms with E-state index < -0.39 is 11.8 Å². The average molecular weight is 524 g/mol. The van der Waals surface area contributed by atoms with Crippen molar-refractivity contribution in [3.05, 3.63) is 51.9 Å². The fraction of sp³-hybridized carbons (Fsp3) is 0.292. The topological polar surface area (TPSA) is 83.0 Å². The van der Waals surface area contributed by atoms with Crippen LogP contribution < -0.4 is 19.1 Å². The second-order valence-electron chi connectivity index (χ2n) is 7.21. The van der Waals surface area contributed by atoms with Crippen molar-refractivity contribution in [2.24, 2.45) is 0 Å². The fourth-order valence-corrected chi connectivity index (χ4v) is 3.76. The number of carbonyl (C=O) groups is 1. The van der Waals surface area contributed by atoms with Gasteiger partial charge in [-0.3, -0.25) is 0 Å². The molecule has 0 atom stereocenters. The highest BCUT2D eigenvalue weighted by Gasteiger charge is 2.26. The first-order valence-electron chi connectivity index (χ1n) is 10.5. The highest BCUT2D eigenvalue weighted by molar-refractivity contribution is 6.35. The number of carbonyl (C=O) groups excluding carboxylic acids is 1. The molecule has 0 radical (unpaired) electrons. The van der Waals surface area contributed by atoms with Crippen LogP contribution in [0.3, 0.4) is 0 Å². The third kappa shape index (κ3) is 5.36. The van der Waals surface area contributed by atoms with E-state index in [0.29, 0.717) is 23.6 Å². The number of rotatable bonds is 9. The molecule has 2 aromatic carbocycles. The van der Waals surface area contributed by atoms with Gasteiger partial charge >= 0.3 is 5.97 Å². The van der Waals surface area contributed by atoms with Crippen LogP contribution in [0.4, 0.5) is 15.9 Å². The van der Waals surface area contributed by atoms with Crippen LogP contribution in [0.25, 0.3) is 11.4 Å². The van der Waals surface area contributed by atoms with Gasteiger partial charge in [0, 0.05) is 13.1 Å². The summed E-state index contributed by atoms with van der Waals surface area (Å²) in [6, 6.07) is 7.98. The minimum Gasteiger partial charge on any atom is -0.497 e. The standard InChI is InChI=1S/C24H24Cl2FN3O5/c1-6-11-35-24(31)20-18(26)23(30(2)16-10-7-13(32-3)12-17(16)33-4)29-22(28-20)14-8-9-15(25)21(34-5)19(14)27/h7-10,12H,6,11H2,1-5H3. The monoisotopic (exact) mass is 523 g/mol. The van der Waals surface area contributed by atoms with Gasteiger partial charge in [-0.2, -0.15) is 0 Å². The van der Waals surface area contributed by atoms with E-state index in [1.54, 1.807) is 30.1 Å². The Balaban J connectivity index is 2.24. The van der Waals surface area contributed by atoms with Crippen LogP contribution in [0.5, 0.6) is 17.2 Å². The Labute approximate surface area is 212 Å². The second-order valence-corrected chi connectivity index (χ2v) is 7.99. The van der Waals surface area contributed by atoms with Gasteiger partial charge in [0.05, 0.1) is 44.2 Å². The van der Waals surface area contributed by atoms with E-state index in [-0.39, 0.29) is 45.3 Å². The maximum Gasteiger partial charge on any atom is 0.358 e. The molecule has 1 aromatic heterocycles. The molecule has 0 aliphatic rings. The summed E-state index contributed by atoms with van der Waals surface area (Å²) in [6.45, 7) is 2.01. The Morgan fingerprint density at radius 3 is 2.43 bits per heavy atom. The molecule has 11 heteroatoms. The Morgan fingerprint density at radius 1 is 1.06 bits per heavy atom. The Bertz CT molecular complexity index is 1240. The van der Waals surface area contributed by atoms with Gasteiger partial charge in [0.2, 0.25) is 0 Å². The summed E-state index contributed by atoms with van der Waals surface area (Å²) in [4.78, 5) is 23.1. The highest BCUT2D eigenvalue weighted by atomic mass is 35.5. The largest absolute Gasteiger partial charge is 0.497 e. The Morgan fingerprint density at radius 2 is 1.80 bits per heavy atom. The summed E-state index contributed by atoms with van der Waals surface area (Å²) in [5.41, 5.74) is 0.304. The Kier molecular flexibility index (Phi) is 8.58. The average Bonchev–Trinajstić information content (AvgIpc) is 2.87. The molecule has 3 aromatic rings. The number of halogens is 3. The van der Waals surface area contributed by atoms with Gasteiger partial charge in [0.25, 0.3) is 0 Å². The molecular weight excluding hydrogens is 500 g/mol. The summed E-state index contributed by atoms with van der Waals surface area (Å²) in [7, 11) is 6.00. The predicted octanol–water partition coefficient (Wildman–Crippen LogP) is 5.95. The normalized spacial score (nSPS) is 10.6. The number of benzene rings is 2. The SMILES string of the molecule is CCCOC(=O)c1nc(-c2ccc(Cl)c(OC)c2F)nc(N(C)c2ccc(OC)cc2OC)c1Cl. The van der Waals surface area contributed by atoms with Gasteiger partial charge in [-0.15, -0.1) is 0 Å². The zero-order valence-corrected chi connectivity index (χ0v) is 21.3. The highest BCUT2D eigenvalue weighted by Crippen LogP contribution is 2.40. The van der Waals surface area contributed by atoms with Gasteiger partial charge in [-0.05, 0) is 30.7 Å². The molecule has 0 bridgehead atoms. The molecule has 186 valence electrons. The van der Waals surface area contributed by atoms with E-state index >= 15 is 4.39 Å². The van der Waals surface area contributed by atoms with Crippen LogP contribution >= 0.6 is 23.2 Å². The molecular formula is C24H24Cl2FN3O5. The predicted molar refractivity (Wildman–Crippen MR) is 132 cm³/mol. The summed E-state index contributed by atoms with van der Waals surface area (Å²) >= 11 is 12.6. The smallest absolute Gasteiger partial charge is 0.358 e. The lowest BCUT2D eigenvalue weighted by Gasteiger charge is -2.23. The van der Waals surface area contributed by atoms with Crippen LogP contribution in [-0.2, 0) is 4.74 Å². The maximum atomic E-state index is 15.2. The van der Waals surface area contributed by atoms with E-state index in [0.717, 1.165) is 0 Å². The lowest BCUT2D eigenvalue weighted by Crippen LogP contribution is -2.18. The van der Waals surface area contributed by atoms with Crippen LogP contribution in [0, 0.1) is 5.82 Å². The van der Waals surface area contributed by atoms with Gasteiger partial charge in [0.15, 0.2) is 28.9 Å². The van der Waals surface area contributed by atoms with Crippen LogP contribution in [0.2, 0.25) is 10.0 Å². The second kappa shape index (κ2) is 11.4. The summed E-state index contributed by atoms with van der Waals surface area (Å²) in [6.07, 6.45) is 0.597. The van der Waals surface area contributed by atoms with Crippen LogP contribution in [0.15, 0.2) is 30.3 Å². The van der Waals surface area contributed by atoms with Gasteiger partial charge in [0.1, 0.15) is 16.5 Å². The number of hydrogen-bond donors (Lipinski definition) is 0. The summed E-state index contributed by atoms with van der Waals surface area (Å²) in [5.74, 6) is -0.685. The van der Waals surface area contributed by atoms with E-state index in [1.807, 2.05) is 6.92 Å². The minimum atomic E-state index is -0.786. The number of ether oxygens (including phenoxy) is 4. The molecule has 0 fully saturated rings. The van der Waals surface area contributed by atoms with Crippen molar-refractivity contribution >= 4 is 40.7 Å². The molecule has 0 aliphatic carbocycles. The molecule has 3 rings (SSSR count). The van der Waals surface area contributed by atoms with Crippen molar-refractivity contribution in [3.8, 4) is 28.6 Å². The third-order valence-corrected chi connectivity index (χ3v) is 5.67. The zero-order chi connectivity index (χ0) is 25.7. The molecule has 0 aliphatic heterocycles. The lowest BCUT2D eigenvalue weighted by molar-refractivity contribution is 0.0498. The number of hydrogen-bond acceptors (Lipinski definition) is 8. The van der Waals surface area contributed by atoms with Crippen molar-refractivity contribution in [3.63, 3.8) is 0 Å². The van der Waals surface area contributed by atoms with Crippen molar-refractivity contribution in [1.82, 2.24) is 9.97 Å². The molecule has 0 saturated carbocycles. The van der Waals surface area contributed by atoms with Crippen molar-refractivity contribution in [1.29, 1.82) is 0 Å². The number of methoxy groups -OCH3 is 3. The third-order valence-electron chi connectivity index (χ3n) is 5.02. The Hall–Kier alpha value is -3.30. The molecule has 0 unspecified atom stereocenters. The minimum absolute atomic E-state index is 0.0381. The van der Waals surface area contributed by atoms with Crippen molar-refractivity contribution in [2.45, 2.75) is 13.3 Å². The van der Waals surface area contributed by atoms with Crippen molar-refractivity contribution < 1.29 is 28.1 Å². The number of aromatic nitrogens is 2. The zero-order valence-electron chi connectivity index (χ0n) is 19.8. The molecule has 0 N–H and O–H groups in total. The van der Waals surface area contributed by atoms with E-state index in [4.69, 9.17) is 42.1 Å². The summed E-state index contributed by atoms with van der Waals surface area (Å²) < 4.78 is 36.3. The quantitative estimate of drug-likeness (QED) is 0.318. The molecule has 0 saturated heterocycles. The van der Waals surface area contributed by atoms with Crippen LogP contribution in [-0.4, -0.2) is 50.9 Å². The molecule has 0 spiro atoms. The molecule has 35 heavy (non-hydrogen) atoms. The first-order chi connectivity index (χ1) is 16.8. The molecule has 0 amide bonds. The van der Waals surface area contributed by atoms with E-state index in [9.17, 15) is 4.79 Å². The first-order valence-corrected chi connectivity index (χ1v) is 11.3. The lowest BCUT2D eigenvalue weighted by atomic mass is 10.1. The van der Waals surface area contributed by atoms with Crippen LogP contribution in [0.1, 0.15) is 23.8 Å².